The molecule has 0 bridgehead atoms. The molecule has 0 radical (unpaired) electrons. The molecule has 2 aromatic carbocycles. The summed E-state index contributed by atoms with van der Waals surface area (Å²) in [7, 11) is 1.63. The van der Waals surface area contributed by atoms with Gasteiger partial charge < -0.3 is 14.1 Å². The molecule has 2 heterocycles. The van der Waals surface area contributed by atoms with Crippen LogP contribution in [0.4, 0.5) is 0 Å². The molecule has 1 N–H and O–H groups in total. The summed E-state index contributed by atoms with van der Waals surface area (Å²) >= 11 is 1.53. The monoisotopic (exact) mass is 338 g/mol. The molecule has 4 aromatic rings. The molecule has 120 valence electrons. The second kappa shape index (κ2) is 6.37. The third-order valence-corrected chi connectivity index (χ3v) is 4.34. The molecule has 4 rings (SSSR count). The van der Waals surface area contributed by atoms with Crippen LogP contribution in [0.15, 0.2) is 58.1 Å². The van der Waals surface area contributed by atoms with Gasteiger partial charge in [-0.25, -0.2) is 4.98 Å². The van der Waals surface area contributed by atoms with Crippen molar-refractivity contribution >= 4 is 22.8 Å². The van der Waals surface area contributed by atoms with Crippen LogP contribution in [0.2, 0.25) is 0 Å². The number of rotatable bonds is 5. The molecule has 0 unspecified atom stereocenters. The normalized spacial score (nSPS) is 11.0. The maximum atomic E-state index is 5.72. The highest BCUT2D eigenvalue weighted by atomic mass is 32.2. The van der Waals surface area contributed by atoms with Gasteiger partial charge in [-0.2, -0.15) is 0 Å². The summed E-state index contributed by atoms with van der Waals surface area (Å²) in [5.41, 5.74) is 2.80. The molecule has 0 fully saturated rings. The summed E-state index contributed by atoms with van der Waals surface area (Å²) in [6.45, 7) is 0. The topological polar surface area (TPSA) is 76.8 Å². The number of ether oxygens (including phenoxy) is 1. The van der Waals surface area contributed by atoms with Crippen molar-refractivity contribution in [1.29, 1.82) is 0 Å². The Labute approximate surface area is 142 Å². The summed E-state index contributed by atoms with van der Waals surface area (Å²) < 4.78 is 10.9. The van der Waals surface area contributed by atoms with E-state index in [9.17, 15) is 0 Å². The second-order valence-corrected chi connectivity index (χ2v) is 6.04. The van der Waals surface area contributed by atoms with Crippen LogP contribution >= 0.6 is 11.8 Å². The maximum Gasteiger partial charge on any atom is 0.247 e. The van der Waals surface area contributed by atoms with Crippen molar-refractivity contribution < 1.29 is 9.15 Å². The largest absolute Gasteiger partial charge is 0.497 e. The summed E-state index contributed by atoms with van der Waals surface area (Å²) in [6.07, 6.45) is 0. The zero-order valence-corrected chi connectivity index (χ0v) is 13.7. The first-order valence-corrected chi connectivity index (χ1v) is 8.35. The van der Waals surface area contributed by atoms with Crippen LogP contribution < -0.4 is 4.74 Å². The molecular weight excluding hydrogens is 324 g/mol. The molecule has 0 aliphatic carbocycles. The summed E-state index contributed by atoms with van der Waals surface area (Å²) in [5.74, 6) is 2.34. The molecule has 24 heavy (non-hydrogen) atoms. The molecule has 0 aliphatic heterocycles. The number of imidazole rings is 1. The van der Waals surface area contributed by atoms with E-state index in [-0.39, 0.29) is 0 Å². The van der Waals surface area contributed by atoms with Gasteiger partial charge in [0.1, 0.15) is 5.75 Å². The van der Waals surface area contributed by atoms with E-state index in [1.54, 1.807) is 7.11 Å². The zero-order valence-electron chi connectivity index (χ0n) is 12.9. The minimum Gasteiger partial charge on any atom is -0.497 e. The Morgan fingerprint density at radius 2 is 2.04 bits per heavy atom. The van der Waals surface area contributed by atoms with Crippen molar-refractivity contribution in [3.63, 3.8) is 0 Å². The van der Waals surface area contributed by atoms with Gasteiger partial charge in [-0.15, -0.1) is 10.2 Å². The smallest absolute Gasteiger partial charge is 0.247 e. The Bertz CT molecular complexity index is 946. The number of nitrogens with zero attached hydrogens (tertiary/aromatic N) is 3. The minimum absolute atomic E-state index is 0.481. The number of aromatic amines is 1. The lowest BCUT2D eigenvalue weighted by atomic mass is 10.2. The number of benzene rings is 2. The summed E-state index contributed by atoms with van der Waals surface area (Å²) in [6, 6.07) is 15.5. The third kappa shape index (κ3) is 2.98. The van der Waals surface area contributed by atoms with Crippen molar-refractivity contribution in [1.82, 2.24) is 20.2 Å². The Morgan fingerprint density at radius 1 is 1.12 bits per heavy atom. The summed E-state index contributed by atoms with van der Waals surface area (Å²) in [5, 5.41) is 9.03. The van der Waals surface area contributed by atoms with Crippen LogP contribution in [-0.4, -0.2) is 27.3 Å². The second-order valence-electron chi connectivity index (χ2n) is 5.08. The average Bonchev–Trinajstić information content (AvgIpc) is 3.26. The predicted octanol–water partition coefficient (Wildman–Crippen LogP) is 3.91. The lowest BCUT2D eigenvalue weighted by molar-refractivity contribution is 0.414. The number of aromatic nitrogens is 4. The fraction of sp³-hybridized carbons (Fsp3) is 0.118. The highest BCUT2D eigenvalue weighted by Gasteiger charge is 2.11. The maximum absolute atomic E-state index is 5.72. The Balaban J connectivity index is 1.48. The van der Waals surface area contributed by atoms with Gasteiger partial charge >= 0.3 is 0 Å². The van der Waals surface area contributed by atoms with E-state index in [1.807, 2.05) is 48.5 Å². The molecule has 6 nitrogen and oxygen atoms in total. The first-order chi connectivity index (χ1) is 11.8. The SMILES string of the molecule is COc1cccc(-c2nnc(CSc3nc4ccccc4[nH]3)o2)c1. The van der Waals surface area contributed by atoms with Crippen LogP contribution in [0.1, 0.15) is 5.89 Å². The van der Waals surface area contributed by atoms with E-state index in [2.05, 4.69) is 20.2 Å². The van der Waals surface area contributed by atoms with Crippen molar-refractivity contribution in [2.45, 2.75) is 10.9 Å². The van der Waals surface area contributed by atoms with E-state index in [0.717, 1.165) is 27.5 Å². The van der Waals surface area contributed by atoms with Gasteiger partial charge in [0, 0.05) is 5.56 Å². The van der Waals surface area contributed by atoms with Crippen LogP contribution in [0, 0.1) is 0 Å². The van der Waals surface area contributed by atoms with E-state index in [1.165, 1.54) is 11.8 Å². The van der Waals surface area contributed by atoms with Gasteiger partial charge in [0.15, 0.2) is 5.16 Å². The molecule has 7 heteroatoms. The number of H-pyrrole nitrogens is 1. The highest BCUT2D eigenvalue weighted by molar-refractivity contribution is 7.98. The molecule has 0 amide bonds. The molecule has 2 aromatic heterocycles. The van der Waals surface area contributed by atoms with Gasteiger partial charge in [-0.05, 0) is 30.3 Å². The fourth-order valence-corrected chi connectivity index (χ4v) is 3.03. The van der Waals surface area contributed by atoms with Crippen molar-refractivity contribution in [3.8, 4) is 17.2 Å². The van der Waals surface area contributed by atoms with Crippen LogP contribution in [0.3, 0.4) is 0 Å². The predicted molar refractivity (Wildman–Crippen MR) is 91.9 cm³/mol. The van der Waals surface area contributed by atoms with Crippen LogP contribution in [-0.2, 0) is 5.75 Å². The Morgan fingerprint density at radius 3 is 2.92 bits per heavy atom. The number of methoxy groups -OCH3 is 1. The molecule has 0 saturated heterocycles. The van der Waals surface area contributed by atoms with E-state index in [0.29, 0.717) is 17.5 Å². The highest BCUT2D eigenvalue weighted by Crippen LogP contribution is 2.26. The standard InChI is InChI=1S/C17H14N4O2S/c1-22-12-6-4-5-11(9-12)16-21-20-15(23-16)10-24-17-18-13-7-2-3-8-14(13)19-17/h2-9H,10H2,1H3,(H,18,19). The molecular formula is C17H14N4O2S. The molecule has 0 spiro atoms. The van der Waals surface area contributed by atoms with Gasteiger partial charge in [-0.1, -0.05) is 30.0 Å². The number of hydrogen-bond acceptors (Lipinski definition) is 6. The quantitative estimate of drug-likeness (QED) is 0.556. The third-order valence-electron chi connectivity index (χ3n) is 3.48. The first-order valence-electron chi connectivity index (χ1n) is 7.36. The number of fused-ring (bicyclic) bond motifs is 1. The van der Waals surface area contributed by atoms with Gasteiger partial charge in [-0.3, -0.25) is 0 Å². The van der Waals surface area contributed by atoms with Crippen molar-refractivity contribution in [3.05, 3.63) is 54.4 Å². The fourth-order valence-electron chi connectivity index (χ4n) is 2.31. The summed E-state index contributed by atoms with van der Waals surface area (Å²) in [4.78, 5) is 7.78. The van der Waals surface area contributed by atoms with Gasteiger partial charge in [0.05, 0.1) is 23.9 Å². The van der Waals surface area contributed by atoms with Crippen LogP contribution in [0.5, 0.6) is 5.75 Å². The van der Waals surface area contributed by atoms with Crippen LogP contribution in [0.25, 0.3) is 22.5 Å². The van der Waals surface area contributed by atoms with E-state index < -0.39 is 0 Å². The molecule has 0 atom stereocenters. The van der Waals surface area contributed by atoms with Crippen molar-refractivity contribution in [2.24, 2.45) is 0 Å². The van der Waals surface area contributed by atoms with E-state index >= 15 is 0 Å². The van der Waals surface area contributed by atoms with Gasteiger partial charge in [0.25, 0.3) is 0 Å². The number of para-hydroxylation sites is 2. The van der Waals surface area contributed by atoms with Gasteiger partial charge in [0.2, 0.25) is 11.8 Å². The number of thioether (sulfide) groups is 1. The molecule has 0 aliphatic rings. The zero-order chi connectivity index (χ0) is 16.4. The molecule has 0 saturated carbocycles. The van der Waals surface area contributed by atoms with Crippen molar-refractivity contribution in [2.75, 3.05) is 7.11 Å². The number of nitrogens with one attached hydrogen (secondary N) is 1. The lowest BCUT2D eigenvalue weighted by Crippen LogP contribution is -1.83. The first kappa shape index (κ1) is 14.8. The van der Waals surface area contributed by atoms with E-state index in [4.69, 9.17) is 9.15 Å². The lowest BCUT2D eigenvalue weighted by Gasteiger charge is -2.00. The minimum atomic E-state index is 0.481. The Kier molecular flexibility index (Phi) is 3.92. The number of hydrogen-bond donors (Lipinski definition) is 1. The Hall–Kier alpha value is -2.80. The average molecular weight is 338 g/mol.